The zero-order valence-electron chi connectivity index (χ0n) is 5.89. The Balaban J connectivity index is 2.19. The quantitative estimate of drug-likeness (QED) is 0.543. The molecule has 1 aliphatic rings. The minimum atomic E-state index is 0.289. The van der Waals surface area contributed by atoms with E-state index in [1.807, 2.05) is 0 Å². The second kappa shape index (κ2) is 2.97. The third-order valence-electron chi connectivity index (χ3n) is 1.64. The average molecular weight is 127 g/mol. The van der Waals surface area contributed by atoms with E-state index < -0.39 is 0 Å². The molecular formula is C7H13NO. The first-order valence-corrected chi connectivity index (χ1v) is 3.51. The van der Waals surface area contributed by atoms with Crippen LogP contribution in [0.3, 0.4) is 0 Å². The van der Waals surface area contributed by atoms with E-state index in [9.17, 15) is 4.79 Å². The lowest BCUT2D eigenvalue weighted by Crippen LogP contribution is -2.24. The standard InChI is InChI=1S/C7H13NO/c1-7(9)6-8-4-2-3-5-8/h2-6H2,1H3. The summed E-state index contributed by atoms with van der Waals surface area (Å²) >= 11 is 0. The topological polar surface area (TPSA) is 20.3 Å². The fraction of sp³-hybridized carbons (Fsp3) is 0.857. The monoisotopic (exact) mass is 127 g/mol. The molecule has 0 radical (unpaired) electrons. The molecule has 0 unspecified atom stereocenters. The Bertz CT molecular complexity index is 105. The Kier molecular flexibility index (Phi) is 2.22. The van der Waals surface area contributed by atoms with Gasteiger partial charge in [0.05, 0.1) is 6.54 Å². The van der Waals surface area contributed by atoms with Crippen molar-refractivity contribution >= 4 is 5.78 Å². The van der Waals surface area contributed by atoms with Gasteiger partial charge in [0, 0.05) is 0 Å². The molecule has 0 aromatic rings. The summed E-state index contributed by atoms with van der Waals surface area (Å²) in [6.45, 7) is 4.57. The molecule has 0 aromatic heterocycles. The number of ketones is 1. The minimum Gasteiger partial charge on any atom is -0.299 e. The Hall–Kier alpha value is -0.370. The van der Waals surface area contributed by atoms with E-state index in [0.29, 0.717) is 6.54 Å². The molecule has 2 heteroatoms. The summed E-state index contributed by atoms with van der Waals surface area (Å²) in [4.78, 5) is 12.8. The summed E-state index contributed by atoms with van der Waals surface area (Å²) in [5, 5.41) is 0. The molecule has 0 aliphatic carbocycles. The zero-order valence-corrected chi connectivity index (χ0v) is 5.89. The van der Waals surface area contributed by atoms with Gasteiger partial charge >= 0.3 is 0 Å². The molecule has 1 saturated heterocycles. The van der Waals surface area contributed by atoms with Gasteiger partial charge in [0.15, 0.2) is 0 Å². The fourth-order valence-electron chi connectivity index (χ4n) is 1.26. The van der Waals surface area contributed by atoms with Gasteiger partial charge in [-0.05, 0) is 32.9 Å². The molecular weight excluding hydrogens is 114 g/mol. The van der Waals surface area contributed by atoms with Crippen molar-refractivity contribution in [2.45, 2.75) is 19.8 Å². The van der Waals surface area contributed by atoms with E-state index in [-0.39, 0.29) is 5.78 Å². The molecule has 0 atom stereocenters. The number of Topliss-reactive ketones (excluding diaryl/α,β-unsaturated/α-hetero) is 1. The van der Waals surface area contributed by atoms with Gasteiger partial charge in [0.1, 0.15) is 5.78 Å². The second-order valence-corrected chi connectivity index (χ2v) is 2.69. The van der Waals surface area contributed by atoms with Gasteiger partial charge in [-0.3, -0.25) is 9.69 Å². The number of rotatable bonds is 2. The lowest BCUT2D eigenvalue weighted by Gasteiger charge is -2.10. The van der Waals surface area contributed by atoms with Crippen molar-refractivity contribution in [1.29, 1.82) is 0 Å². The first-order chi connectivity index (χ1) is 4.29. The molecule has 0 bridgehead atoms. The molecule has 52 valence electrons. The van der Waals surface area contributed by atoms with Crippen molar-refractivity contribution in [2.75, 3.05) is 19.6 Å². The SMILES string of the molecule is CC(=O)CN1CCCC1. The zero-order chi connectivity index (χ0) is 6.69. The van der Waals surface area contributed by atoms with Crippen LogP contribution in [0.2, 0.25) is 0 Å². The first-order valence-electron chi connectivity index (χ1n) is 3.51. The first kappa shape index (κ1) is 6.75. The minimum absolute atomic E-state index is 0.289. The molecule has 0 spiro atoms. The molecule has 1 heterocycles. The summed E-state index contributed by atoms with van der Waals surface area (Å²) < 4.78 is 0. The Morgan fingerprint density at radius 1 is 1.44 bits per heavy atom. The van der Waals surface area contributed by atoms with E-state index >= 15 is 0 Å². The average Bonchev–Trinajstić information content (AvgIpc) is 2.15. The molecule has 0 amide bonds. The highest BCUT2D eigenvalue weighted by atomic mass is 16.1. The molecule has 1 aliphatic heterocycles. The van der Waals surface area contributed by atoms with Crippen LogP contribution in [0.1, 0.15) is 19.8 Å². The van der Waals surface area contributed by atoms with Crippen LogP contribution >= 0.6 is 0 Å². The molecule has 9 heavy (non-hydrogen) atoms. The summed E-state index contributed by atoms with van der Waals surface area (Å²) in [6, 6.07) is 0. The van der Waals surface area contributed by atoms with E-state index in [4.69, 9.17) is 0 Å². The predicted octanol–water partition coefficient (Wildman–Crippen LogP) is 0.671. The smallest absolute Gasteiger partial charge is 0.143 e. The summed E-state index contributed by atoms with van der Waals surface area (Å²) in [5.41, 5.74) is 0. The van der Waals surface area contributed by atoms with Gasteiger partial charge in [-0.25, -0.2) is 0 Å². The molecule has 1 rings (SSSR count). The van der Waals surface area contributed by atoms with Crippen molar-refractivity contribution in [1.82, 2.24) is 4.90 Å². The Labute approximate surface area is 55.8 Å². The van der Waals surface area contributed by atoms with Crippen molar-refractivity contribution in [3.05, 3.63) is 0 Å². The van der Waals surface area contributed by atoms with Crippen LogP contribution < -0.4 is 0 Å². The van der Waals surface area contributed by atoms with Crippen LogP contribution in [0.4, 0.5) is 0 Å². The van der Waals surface area contributed by atoms with Gasteiger partial charge in [-0.15, -0.1) is 0 Å². The van der Waals surface area contributed by atoms with Crippen LogP contribution in [0.5, 0.6) is 0 Å². The van der Waals surface area contributed by atoms with E-state index in [1.54, 1.807) is 6.92 Å². The van der Waals surface area contributed by atoms with E-state index in [2.05, 4.69) is 4.90 Å². The van der Waals surface area contributed by atoms with Crippen LogP contribution in [-0.4, -0.2) is 30.3 Å². The normalized spacial score (nSPS) is 20.6. The number of carbonyl (C=O) groups is 1. The highest BCUT2D eigenvalue weighted by Gasteiger charge is 2.11. The van der Waals surface area contributed by atoms with Crippen molar-refractivity contribution in [3.63, 3.8) is 0 Å². The number of carbonyl (C=O) groups excluding carboxylic acids is 1. The molecule has 0 aromatic carbocycles. The highest BCUT2D eigenvalue weighted by Crippen LogP contribution is 2.05. The number of hydrogen-bond donors (Lipinski definition) is 0. The van der Waals surface area contributed by atoms with Crippen LogP contribution in [0, 0.1) is 0 Å². The largest absolute Gasteiger partial charge is 0.299 e. The molecule has 0 N–H and O–H groups in total. The van der Waals surface area contributed by atoms with Gasteiger partial charge in [-0.1, -0.05) is 0 Å². The third-order valence-corrected chi connectivity index (χ3v) is 1.64. The van der Waals surface area contributed by atoms with Crippen molar-refractivity contribution in [3.8, 4) is 0 Å². The Morgan fingerprint density at radius 3 is 2.44 bits per heavy atom. The molecule has 0 saturated carbocycles. The number of hydrogen-bond acceptors (Lipinski definition) is 2. The van der Waals surface area contributed by atoms with Gasteiger partial charge in [0.2, 0.25) is 0 Å². The lowest BCUT2D eigenvalue weighted by molar-refractivity contribution is -0.117. The maximum absolute atomic E-state index is 10.6. The molecule has 2 nitrogen and oxygen atoms in total. The third kappa shape index (κ3) is 2.14. The van der Waals surface area contributed by atoms with Crippen LogP contribution in [0.25, 0.3) is 0 Å². The fourth-order valence-corrected chi connectivity index (χ4v) is 1.26. The van der Waals surface area contributed by atoms with Gasteiger partial charge in [0.25, 0.3) is 0 Å². The summed E-state index contributed by atoms with van der Waals surface area (Å²) in [7, 11) is 0. The van der Waals surface area contributed by atoms with Crippen molar-refractivity contribution < 1.29 is 4.79 Å². The van der Waals surface area contributed by atoms with Crippen LogP contribution in [-0.2, 0) is 4.79 Å². The summed E-state index contributed by atoms with van der Waals surface area (Å²) in [5.74, 6) is 0.289. The maximum Gasteiger partial charge on any atom is 0.143 e. The maximum atomic E-state index is 10.6. The van der Waals surface area contributed by atoms with Crippen molar-refractivity contribution in [2.24, 2.45) is 0 Å². The van der Waals surface area contributed by atoms with Gasteiger partial charge < -0.3 is 0 Å². The summed E-state index contributed by atoms with van der Waals surface area (Å²) in [6.07, 6.45) is 2.54. The Morgan fingerprint density at radius 2 is 2.00 bits per heavy atom. The van der Waals surface area contributed by atoms with E-state index in [0.717, 1.165) is 13.1 Å². The van der Waals surface area contributed by atoms with Gasteiger partial charge in [-0.2, -0.15) is 0 Å². The number of likely N-dealkylation sites (tertiary alicyclic amines) is 1. The van der Waals surface area contributed by atoms with E-state index in [1.165, 1.54) is 12.8 Å². The lowest BCUT2D eigenvalue weighted by atomic mass is 10.4. The number of nitrogens with zero attached hydrogens (tertiary/aromatic N) is 1. The predicted molar refractivity (Wildman–Crippen MR) is 36.4 cm³/mol. The van der Waals surface area contributed by atoms with Crippen LogP contribution in [0.15, 0.2) is 0 Å². The second-order valence-electron chi connectivity index (χ2n) is 2.69. The molecule has 1 fully saturated rings. The highest BCUT2D eigenvalue weighted by molar-refractivity contribution is 5.77.